The van der Waals surface area contributed by atoms with Crippen molar-refractivity contribution in [3.05, 3.63) is 75.6 Å². The highest BCUT2D eigenvalue weighted by Crippen LogP contribution is 2.45. The number of anilines is 1. The van der Waals surface area contributed by atoms with Crippen LogP contribution in [0.15, 0.2) is 80.5 Å². The summed E-state index contributed by atoms with van der Waals surface area (Å²) in [6.45, 7) is 5.52. The molecule has 7 heteroatoms. The highest BCUT2D eigenvalue weighted by Gasteiger charge is 2.32. The zero-order valence-corrected chi connectivity index (χ0v) is 18.5. The number of carbonyl (C=O) groups is 1. The Bertz CT molecular complexity index is 1050. The van der Waals surface area contributed by atoms with Gasteiger partial charge in [-0.2, -0.15) is 0 Å². The van der Waals surface area contributed by atoms with E-state index in [9.17, 15) is 4.79 Å². The van der Waals surface area contributed by atoms with Crippen LogP contribution in [0.1, 0.15) is 13.8 Å². The predicted octanol–water partition coefficient (Wildman–Crippen LogP) is 6.28. The predicted molar refractivity (Wildman–Crippen MR) is 125 cm³/mol. The van der Waals surface area contributed by atoms with Crippen LogP contribution in [0.5, 0.6) is 0 Å². The molecule has 1 fully saturated rings. The molecule has 4 nitrogen and oxygen atoms in total. The molecule has 0 aliphatic carbocycles. The minimum atomic E-state index is -0.0243. The molecule has 0 N–H and O–H groups in total. The number of rotatable bonds is 4. The van der Waals surface area contributed by atoms with Crippen LogP contribution in [0.4, 0.5) is 11.4 Å². The van der Waals surface area contributed by atoms with Crippen molar-refractivity contribution in [2.45, 2.75) is 18.7 Å². The van der Waals surface area contributed by atoms with E-state index in [1.54, 1.807) is 22.7 Å². The Labute approximate surface area is 184 Å². The van der Waals surface area contributed by atoms with E-state index in [4.69, 9.17) is 11.6 Å². The van der Waals surface area contributed by atoms with Gasteiger partial charge in [-0.15, -0.1) is 0 Å². The van der Waals surface area contributed by atoms with Gasteiger partial charge < -0.3 is 4.90 Å². The van der Waals surface area contributed by atoms with Crippen molar-refractivity contribution in [3.8, 4) is 0 Å². The van der Waals surface area contributed by atoms with E-state index in [2.05, 4.69) is 35.0 Å². The van der Waals surface area contributed by atoms with Gasteiger partial charge in [0.05, 0.1) is 26.3 Å². The number of nitrogens with zero attached hydrogens (tertiary/aromatic N) is 3. The number of aliphatic imine (C=N–C) groups is 1. The highest BCUT2D eigenvalue weighted by atomic mass is 35.5. The molecular formula is C22H20ClN3OS2. The average Bonchev–Trinajstić information content (AvgIpc) is 3.24. The number of amidine groups is 1. The fourth-order valence-electron chi connectivity index (χ4n) is 3.18. The number of allylic oxidation sites excluding steroid dienone is 2. The Hall–Kier alpha value is -2.15. The molecule has 1 saturated heterocycles. The first-order chi connectivity index (χ1) is 14.1. The van der Waals surface area contributed by atoms with Crippen molar-refractivity contribution in [2.24, 2.45) is 4.99 Å². The highest BCUT2D eigenvalue weighted by molar-refractivity contribution is 8.18. The molecule has 0 bridgehead atoms. The molecule has 0 atom stereocenters. The number of halogens is 1. The summed E-state index contributed by atoms with van der Waals surface area (Å²) in [6.07, 6.45) is 3.93. The van der Waals surface area contributed by atoms with E-state index in [0.717, 1.165) is 11.6 Å². The van der Waals surface area contributed by atoms with Gasteiger partial charge in [0.2, 0.25) is 0 Å². The van der Waals surface area contributed by atoms with Gasteiger partial charge >= 0.3 is 0 Å². The Morgan fingerprint density at radius 1 is 0.966 bits per heavy atom. The minimum absolute atomic E-state index is 0.0243. The number of hydrogen-bond donors (Lipinski definition) is 0. The summed E-state index contributed by atoms with van der Waals surface area (Å²) in [6, 6.07) is 15.8. The van der Waals surface area contributed by atoms with Gasteiger partial charge in [0.1, 0.15) is 0 Å². The van der Waals surface area contributed by atoms with Gasteiger partial charge in [0.25, 0.3) is 5.91 Å². The first kappa shape index (κ1) is 20.1. The van der Waals surface area contributed by atoms with Gasteiger partial charge in [0, 0.05) is 18.0 Å². The Balaban J connectivity index is 1.62. The third-order valence-corrected chi connectivity index (χ3v) is 7.08. The lowest BCUT2D eigenvalue weighted by atomic mass is 10.3. The Morgan fingerprint density at radius 2 is 1.69 bits per heavy atom. The Kier molecular flexibility index (Phi) is 6.04. The molecule has 2 aliphatic rings. The molecule has 0 radical (unpaired) electrons. The van der Waals surface area contributed by atoms with E-state index in [1.807, 2.05) is 43.3 Å². The van der Waals surface area contributed by atoms with Gasteiger partial charge in [-0.1, -0.05) is 47.6 Å². The van der Waals surface area contributed by atoms with Crippen LogP contribution < -0.4 is 4.90 Å². The van der Waals surface area contributed by atoms with Gasteiger partial charge in [0.15, 0.2) is 5.17 Å². The number of para-hydroxylation sites is 2. The lowest BCUT2D eigenvalue weighted by molar-refractivity contribution is -0.122. The quantitative estimate of drug-likeness (QED) is 0.523. The lowest BCUT2D eigenvalue weighted by Crippen LogP contribution is -2.28. The largest absolute Gasteiger partial charge is 0.335 e. The maximum absolute atomic E-state index is 12.9. The molecule has 148 valence electrons. The molecule has 2 aromatic carbocycles. The first-order valence-corrected chi connectivity index (χ1v) is 11.4. The second-order valence-electron chi connectivity index (χ2n) is 6.35. The van der Waals surface area contributed by atoms with Crippen LogP contribution in [0, 0.1) is 0 Å². The molecule has 0 unspecified atom stereocenters. The second-order valence-corrected chi connectivity index (χ2v) is 8.83. The summed E-state index contributed by atoms with van der Waals surface area (Å²) < 4.78 is 0. The number of likely N-dealkylation sites (N-methyl/N-ethyl adjacent to an activating group) is 1. The fraction of sp³-hybridized carbons (Fsp3) is 0.182. The van der Waals surface area contributed by atoms with Crippen molar-refractivity contribution in [1.82, 2.24) is 4.90 Å². The van der Waals surface area contributed by atoms with Crippen molar-refractivity contribution < 1.29 is 4.79 Å². The number of thioether (sulfide) groups is 2. The summed E-state index contributed by atoms with van der Waals surface area (Å²) in [5.74, 6) is -0.0243. The summed E-state index contributed by atoms with van der Waals surface area (Å²) in [7, 11) is 0. The van der Waals surface area contributed by atoms with E-state index < -0.39 is 0 Å². The van der Waals surface area contributed by atoms with E-state index in [1.165, 1.54) is 22.3 Å². The summed E-state index contributed by atoms with van der Waals surface area (Å²) >= 11 is 9.35. The maximum Gasteiger partial charge on any atom is 0.266 e. The van der Waals surface area contributed by atoms with Crippen molar-refractivity contribution in [3.63, 3.8) is 0 Å². The van der Waals surface area contributed by atoms with Gasteiger partial charge in [-0.3, -0.25) is 9.69 Å². The zero-order valence-electron chi connectivity index (χ0n) is 16.1. The van der Waals surface area contributed by atoms with Crippen LogP contribution >= 0.6 is 35.1 Å². The molecule has 1 amide bonds. The number of benzene rings is 2. The summed E-state index contributed by atoms with van der Waals surface area (Å²) in [4.78, 5) is 23.3. The van der Waals surface area contributed by atoms with Crippen LogP contribution in [-0.4, -0.2) is 29.1 Å². The minimum Gasteiger partial charge on any atom is -0.335 e. The lowest BCUT2D eigenvalue weighted by Gasteiger charge is -2.17. The molecule has 0 aromatic heterocycles. The number of amides is 1. The molecule has 29 heavy (non-hydrogen) atoms. The van der Waals surface area contributed by atoms with E-state index in [-0.39, 0.29) is 5.91 Å². The third-order valence-electron chi connectivity index (χ3n) is 4.60. The fourth-order valence-corrected chi connectivity index (χ4v) is 5.48. The summed E-state index contributed by atoms with van der Waals surface area (Å²) in [5, 5.41) is 2.35. The monoisotopic (exact) mass is 441 g/mol. The van der Waals surface area contributed by atoms with Gasteiger partial charge in [-0.25, -0.2) is 4.99 Å². The third kappa shape index (κ3) is 3.97. The molecule has 0 spiro atoms. The average molecular weight is 442 g/mol. The number of fused-ring (bicyclic) bond motifs is 1. The van der Waals surface area contributed by atoms with Crippen LogP contribution in [0.3, 0.4) is 0 Å². The van der Waals surface area contributed by atoms with Gasteiger partial charge in [-0.05, 0) is 62.0 Å². The second kappa shape index (κ2) is 8.69. The normalized spacial score (nSPS) is 20.4. The van der Waals surface area contributed by atoms with E-state index >= 15 is 0 Å². The molecule has 4 rings (SSSR count). The van der Waals surface area contributed by atoms with Crippen LogP contribution in [-0.2, 0) is 4.79 Å². The topological polar surface area (TPSA) is 35.9 Å². The molecular weight excluding hydrogens is 422 g/mol. The number of carbonyl (C=O) groups excluding carboxylic acids is 1. The smallest absolute Gasteiger partial charge is 0.266 e. The zero-order chi connectivity index (χ0) is 20.4. The molecule has 2 aromatic rings. The molecule has 2 aliphatic heterocycles. The SMILES string of the molecule is CCN1C(=O)C(=CC=C2Sc3ccccc3N2CC)SC1=Nc1ccccc1Cl. The molecule has 0 saturated carbocycles. The standard InChI is InChI=1S/C22H20ClN3OS2/c1-3-25-17-11-7-8-12-18(17)28-20(25)14-13-19-21(27)26(4-2)22(29-19)24-16-10-6-5-9-15(16)23/h5-14H,3-4H2,1-2H3. The Morgan fingerprint density at radius 3 is 2.45 bits per heavy atom. The molecule has 2 heterocycles. The van der Waals surface area contributed by atoms with Crippen LogP contribution in [0.2, 0.25) is 5.02 Å². The van der Waals surface area contributed by atoms with Crippen LogP contribution in [0.25, 0.3) is 0 Å². The van der Waals surface area contributed by atoms with E-state index in [0.29, 0.717) is 27.3 Å². The van der Waals surface area contributed by atoms with Crippen molar-refractivity contribution >= 4 is 57.6 Å². The van der Waals surface area contributed by atoms with Crippen molar-refractivity contribution in [2.75, 3.05) is 18.0 Å². The maximum atomic E-state index is 12.9. The number of hydrogen-bond acceptors (Lipinski definition) is 5. The first-order valence-electron chi connectivity index (χ1n) is 9.41. The van der Waals surface area contributed by atoms with Crippen molar-refractivity contribution in [1.29, 1.82) is 0 Å². The summed E-state index contributed by atoms with van der Waals surface area (Å²) in [5.41, 5.74) is 1.88.